The van der Waals surface area contributed by atoms with Crippen molar-refractivity contribution in [2.75, 3.05) is 0 Å². The van der Waals surface area contributed by atoms with E-state index in [1.807, 2.05) is 11.6 Å². The smallest absolute Gasteiger partial charge is 0.265 e. The highest BCUT2D eigenvalue weighted by Gasteiger charge is 2.17. The second-order valence-electron chi connectivity index (χ2n) is 8.71. The Morgan fingerprint density at radius 2 is 1.82 bits per heavy atom. The van der Waals surface area contributed by atoms with Crippen molar-refractivity contribution in [2.45, 2.75) is 6.42 Å². The van der Waals surface area contributed by atoms with E-state index in [4.69, 9.17) is 4.74 Å². The molecule has 4 aromatic heterocycles. The van der Waals surface area contributed by atoms with Crippen LogP contribution in [0.25, 0.3) is 22.3 Å². The molecule has 6 aromatic rings. The quantitative estimate of drug-likeness (QED) is 0.229. The van der Waals surface area contributed by atoms with Crippen LogP contribution in [0.15, 0.2) is 102 Å². The molecule has 0 aliphatic rings. The number of ketones is 1. The molecule has 6 rings (SSSR count). The van der Waals surface area contributed by atoms with Crippen LogP contribution < -0.4 is 10.3 Å². The molecule has 7 nitrogen and oxygen atoms in total. The van der Waals surface area contributed by atoms with Gasteiger partial charge in [0.25, 0.3) is 5.56 Å². The van der Waals surface area contributed by atoms with Crippen molar-refractivity contribution in [3.63, 3.8) is 0 Å². The summed E-state index contributed by atoms with van der Waals surface area (Å²) in [5, 5.41) is 6.16. The molecule has 192 valence electrons. The van der Waals surface area contributed by atoms with Crippen molar-refractivity contribution in [3.8, 4) is 28.3 Å². The van der Waals surface area contributed by atoms with Gasteiger partial charge in [-0.3, -0.25) is 14.2 Å². The normalized spacial score (nSPS) is 11.1. The Labute approximate surface area is 224 Å². The number of hydrogen-bond acceptors (Lipinski definition) is 6. The van der Waals surface area contributed by atoms with Gasteiger partial charge in [-0.15, -0.1) is 0 Å². The lowest BCUT2D eigenvalue weighted by atomic mass is 10.0. The monoisotopic (exact) mass is 540 g/mol. The Morgan fingerprint density at radius 1 is 0.974 bits per heavy atom. The molecular formula is C29H18F2N4O3S. The summed E-state index contributed by atoms with van der Waals surface area (Å²) >= 11 is 1.32. The van der Waals surface area contributed by atoms with Gasteiger partial charge in [0.05, 0.1) is 11.8 Å². The van der Waals surface area contributed by atoms with E-state index in [9.17, 15) is 14.0 Å². The maximum absolute atomic E-state index is 15.1. The lowest BCUT2D eigenvalue weighted by Crippen LogP contribution is -2.25. The molecule has 0 aliphatic carbocycles. The van der Waals surface area contributed by atoms with Crippen molar-refractivity contribution < 1.29 is 18.3 Å². The molecule has 4 heterocycles. The van der Waals surface area contributed by atoms with Gasteiger partial charge in [-0.25, -0.2) is 17.7 Å². The number of rotatable bonds is 7. The largest absolute Gasteiger partial charge is 0.452 e. The second-order valence-corrected chi connectivity index (χ2v) is 9.36. The molecular weight excluding hydrogens is 522 g/mol. The van der Waals surface area contributed by atoms with Gasteiger partial charge >= 0.3 is 0 Å². The SMILES string of the molecule is O=C(Cc1ccc(Oc2cc(-c3cnsc3)cn3nccc23)c(F)c1)c1cccn(-c2ccc(F)cc2)c1=O. The van der Waals surface area contributed by atoms with Crippen LogP contribution in [0.1, 0.15) is 15.9 Å². The van der Waals surface area contributed by atoms with E-state index in [1.54, 1.807) is 41.2 Å². The topological polar surface area (TPSA) is 78.5 Å². The van der Waals surface area contributed by atoms with Crippen molar-refractivity contribution in [2.24, 2.45) is 0 Å². The van der Waals surface area contributed by atoms with E-state index < -0.39 is 23.0 Å². The van der Waals surface area contributed by atoms with Crippen LogP contribution in [0.2, 0.25) is 0 Å². The van der Waals surface area contributed by atoms with E-state index in [1.165, 1.54) is 64.8 Å². The number of benzene rings is 2. The van der Waals surface area contributed by atoms with Crippen LogP contribution >= 0.6 is 11.5 Å². The minimum atomic E-state index is -0.655. The highest BCUT2D eigenvalue weighted by atomic mass is 32.1. The maximum atomic E-state index is 15.1. The standard InChI is InChI=1S/C29H18F2N4O3S/c30-21-4-6-22(7-5-21)34-11-1-2-23(29(34)37)26(36)13-18-3-8-27(24(31)12-18)38-28-14-19(20-15-33-39-17-20)16-35-25(28)9-10-32-35/h1-12,14-17H,13H2. The number of fused-ring (bicyclic) bond motifs is 1. The van der Waals surface area contributed by atoms with E-state index in [-0.39, 0.29) is 17.7 Å². The number of hydrogen-bond donors (Lipinski definition) is 0. The molecule has 0 bridgehead atoms. The number of nitrogens with zero attached hydrogens (tertiary/aromatic N) is 4. The molecule has 39 heavy (non-hydrogen) atoms. The first-order valence-corrected chi connectivity index (χ1v) is 12.6. The van der Waals surface area contributed by atoms with Crippen LogP contribution in [-0.4, -0.2) is 24.3 Å². The summed E-state index contributed by atoms with van der Waals surface area (Å²) in [6.07, 6.45) is 6.50. The Hall–Kier alpha value is -4.96. The number of pyridine rings is 2. The Bertz CT molecular complexity index is 1880. The van der Waals surface area contributed by atoms with Gasteiger partial charge < -0.3 is 4.74 Å². The van der Waals surface area contributed by atoms with Gasteiger partial charge in [0.15, 0.2) is 23.1 Å². The minimum Gasteiger partial charge on any atom is -0.452 e. The van der Waals surface area contributed by atoms with Gasteiger partial charge in [-0.05, 0) is 77.8 Å². The lowest BCUT2D eigenvalue weighted by Gasteiger charge is -2.11. The van der Waals surface area contributed by atoms with Crippen molar-refractivity contribution in [3.05, 3.63) is 130 Å². The zero-order chi connectivity index (χ0) is 26.9. The van der Waals surface area contributed by atoms with E-state index in [2.05, 4.69) is 9.47 Å². The third-order valence-electron chi connectivity index (χ3n) is 6.17. The minimum absolute atomic E-state index is 0.0201. The maximum Gasteiger partial charge on any atom is 0.265 e. The van der Waals surface area contributed by atoms with Crippen molar-refractivity contribution >= 4 is 22.8 Å². The third-order valence-corrected chi connectivity index (χ3v) is 6.76. The Kier molecular flexibility index (Phi) is 6.29. The highest BCUT2D eigenvalue weighted by molar-refractivity contribution is 7.03. The average Bonchev–Trinajstić information content (AvgIpc) is 3.63. The van der Waals surface area contributed by atoms with Crippen LogP contribution in [0, 0.1) is 11.6 Å². The first-order valence-electron chi connectivity index (χ1n) is 11.8. The molecule has 0 fully saturated rings. The van der Waals surface area contributed by atoms with E-state index in [0.717, 1.165) is 11.1 Å². The van der Waals surface area contributed by atoms with Crippen LogP contribution in [0.3, 0.4) is 0 Å². The number of halogens is 2. The van der Waals surface area contributed by atoms with Crippen molar-refractivity contribution in [1.82, 2.24) is 18.6 Å². The number of ether oxygens (including phenoxy) is 1. The number of carbonyl (C=O) groups excluding carboxylic acids is 1. The van der Waals surface area contributed by atoms with Gasteiger partial charge in [0.1, 0.15) is 11.3 Å². The molecule has 0 saturated carbocycles. The molecule has 0 atom stereocenters. The Morgan fingerprint density at radius 3 is 2.59 bits per heavy atom. The molecule has 0 saturated heterocycles. The molecule has 0 N–H and O–H groups in total. The van der Waals surface area contributed by atoms with E-state index >= 15 is 4.39 Å². The van der Waals surface area contributed by atoms with Gasteiger partial charge in [0, 0.05) is 47.2 Å². The first-order chi connectivity index (χ1) is 19.0. The zero-order valence-corrected chi connectivity index (χ0v) is 20.9. The number of carbonyl (C=O) groups is 1. The summed E-state index contributed by atoms with van der Waals surface area (Å²) in [6, 6.07) is 16.1. The summed E-state index contributed by atoms with van der Waals surface area (Å²) in [5.41, 5.74) is 2.57. The molecule has 0 spiro atoms. The fourth-order valence-electron chi connectivity index (χ4n) is 4.23. The molecule has 0 aliphatic heterocycles. The predicted octanol–water partition coefficient (Wildman–Crippen LogP) is 6.10. The molecule has 0 amide bonds. The summed E-state index contributed by atoms with van der Waals surface area (Å²) in [4.78, 5) is 25.9. The molecule has 2 aromatic carbocycles. The Balaban J connectivity index is 1.25. The fourth-order valence-corrected chi connectivity index (χ4v) is 4.78. The summed E-state index contributed by atoms with van der Waals surface area (Å²) in [7, 11) is 0. The van der Waals surface area contributed by atoms with Gasteiger partial charge in [-0.2, -0.15) is 5.10 Å². The second kappa shape index (κ2) is 10.1. The average molecular weight is 541 g/mol. The van der Waals surface area contributed by atoms with Crippen LogP contribution in [0.4, 0.5) is 8.78 Å². The molecule has 10 heteroatoms. The highest BCUT2D eigenvalue weighted by Crippen LogP contribution is 2.33. The first kappa shape index (κ1) is 24.4. The summed E-state index contributed by atoms with van der Waals surface area (Å²) in [5.74, 6) is -1.17. The summed E-state index contributed by atoms with van der Waals surface area (Å²) in [6.45, 7) is 0. The zero-order valence-electron chi connectivity index (χ0n) is 20.1. The molecule has 0 unspecified atom stereocenters. The van der Waals surface area contributed by atoms with Gasteiger partial charge in [0.2, 0.25) is 0 Å². The summed E-state index contributed by atoms with van der Waals surface area (Å²) < 4.78 is 41.4. The third kappa shape index (κ3) is 4.85. The fraction of sp³-hybridized carbons (Fsp3) is 0.0345. The van der Waals surface area contributed by atoms with E-state index in [0.29, 0.717) is 22.5 Å². The number of Topliss-reactive ketones (excluding diaryl/α,β-unsaturated/α-hetero) is 1. The predicted molar refractivity (Wildman–Crippen MR) is 143 cm³/mol. The van der Waals surface area contributed by atoms with Crippen molar-refractivity contribution in [1.29, 1.82) is 0 Å². The van der Waals surface area contributed by atoms with Gasteiger partial charge in [-0.1, -0.05) is 6.07 Å². The van der Waals surface area contributed by atoms with Crippen LogP contribution in [0.5, 0.6) is 11.5 Å². The molecule has 0 radical (unpaired) electrons. The number of aromatic nitrogens is 4. The van der Waals surface area contributed by atoms with Crippen LogP contribution in [-0.2, 0) is 6.42 Å². The lowest BCUT2D eigenvalue weighted by molar-refractivity contribution is 0.0991.